The van der Waals surface area contributed by atoms with Crippen molar-refractivity contribution in [2.45, 2.75) is 31.9 Å². The van der Waals surface area contributed by atoms with Gasteiger partial charge in [-0.3, -0.25) is 9.69 Å². The molecule has 1 heterocycles. The van der Waals surface area contributed by atoms with E-state index in [1.807, 2.05) is 12.1 Å². The molecule has 0 aliphatic carbocycles. The van der Waals surface area contributed by atoms with E-state index in [0.717, 1.165) is 37.5 Å². The first-order valence-corrected chi connectivity index (χ1v) is 7.31. The SMILES string of the molecule is O=C(O)CCOC1CCN(Cc2ccc(Cl)cc2)CC1. The normalized spacial score (nSPS) is 17.2. The van der Waals surface area contributed by atoms with Crippen LogP contribution in [-0.4, -0.2) is 41.8 Å². The number of ether oxygens (including phenoxy) is 1. The molecule has 0 unspecified atom stereocenters. The van der Waals surface area contributed by atoms with Crippen molar-refractivity contribution in [3.63, 3.8) is 0 Å². The van der Waals surface area contributed by atoms with Crippen LogP contribution < -0.4 is 0 Å². The highest BCUT2D eigenvalue weighted by Crippen LogP contribution is 2.17. The molecule has 0 amide bonds. The summed E-state index contributed by atoms with van der Waals surface area (Å²) in [5.41, 5.74) is 1.26. The first-order valence-electron chi connectivity index (χ1n) is 6.93. The number of piperidine rings is 1. The van der Waals surface area contributed by atoms with Crippen LogP contribution in [0.25, 0.3) is 0 Å². The van der Waals surface area contributed by atoms with Crippen LogP contribution in [0.3, 0.4) is 0 Å². The zero-order valence-corrected chi connectivity index (χ0v) is 12.2. The second kappa shape index (κ2) is 7.62. The van der Waals surface area contributed by atoms with Gasteiger partial charge in [-0.05, 0) is 30.5 Å². The molecule has 0 atom stereocenters. The number of carbonyl (C=O) groups is 1. The fourth-order valence-electron chi connectivity index (χ4n) is 2.39. The summed E-state index contributed by atoms with van der Waals surface area (Å²) in [6.07, 6.45) is 2.22. The van der Waals surface area contributed by atoms with E-state index < -0.39 is 5.97 Å². The average molecular weight is 298 g/mol. The Hall–Kier alpha value is -1.10. The lowest BCUT2D eigenvalue weighted by molar-refractivity contribution is -0.138. The van der Waals surface area contributed by atoms with Crippen molar-refractivity contribution in [1.29, 1.82) is 0 Å². The van der Waals surface area contributed by atoms with E-state index in [4.69, 9.17) is 21.4 Å². The van der Waals surface area contributed by atoms with Gasteiger partial charge in [0.2, 0.25) is 0 Å². The summed E-state index contributed by atoms with van der Waals surface area (Å²) in [7, 11) is 0. The summed E-state index contributed by atoms with van der Waals surface area (Å²) < 4.78 is 5.58. The van der Waals surface area contributed by atoms with Gasteiger partial charge in [-0.2, -0.15) is 0 Å². The van der Waals surface area contributed by atoms with Gasteiger partial charge < -0.3 is 9.84 Å². The topological polar surface area (TPSA) is 49.8 Å². The third-order valence-electron chi connectivity index (χ3n) is 3.52. The van der Waals surface area contributed by atoms with Crippen molar-refractivity contribution in [2.24, 2.45) is 0 Å². The Morgan fingerprint density at radius 1 is 1.30 bits per heavy atom. The van der Waals surface area contributed by atoms with Crippen LogP contribution in [0.1, 0.15) is 24.8 Å². The molecule has 20 heavy (non-hydrogen) atoms. The molecule has 0 aromatic heterocycles. The number of halogens is 1. The quantitative estimate of drug-likeness (QED) is 0.877. The molecule has 2 rings (SSSR count). The summed E-state index contributed by atoms with van der Waals surface area (Å²) in [5.74, 6) is -0.801. The molecule has 4 nitrogen and oxygen atoms in total. The van der Waals surface area contributed by atoms with Crippen molar-refractivity contribution in [1.82, 2.24) is 4.90 Å². The smallest absolute Gasteiger partial charge is 0.305 e. The predicted molar refractivity (Wildman–Crippen MR) is 78.0 cm³/mol. The van der Waals surface area contributed by atoms with Crippen LogP contribution in [0.4, 0.5) is 0 Å². The van der Waals surface area contributed by atoms with Gasteiger partial charge in [0.25, 0.3) is 0 Å². The molecule has 0 spiro atoms. The fourth-order valence-corrected chi connectivity index (χ4v) is 2.52. The monoisotopic (exact) mass is 297 g/mol. The Morgan fingerprint density at radius 3 is 2.55 bits per heavy atom. The Kier molecular flexibility index (Phi) is 5.83. The van der Waals surface area contributed by atoms with Gasteiger partial charge in [0.1, 0.15) is 0 Å². The Morgan fingerprint density at radius 2 is 1.95 bits per heavy atom. The molecule has 5 heteroatoms. The first kappa shape index (κ1) is 15.3. The number of hydrogen-bond donors (Lipinski definition) is 1. The maximum atomic E-state index is 10.4. The molecule has 0 saturated carbocycles. The highest BCUT2D eigenvalue weighted by molar-refractivity contribution is 6.30. The van der Waals surface area contributed by atoms with E-state index in [9.17, 15) is 4.79 Å². The number of carboxylic acids is 1. The zero-order valence-electron chi connectivity index (χ0n) is 11.4. The van der Waals surface area contributed by atoms with E-state index in [0.29, 0.717) is 6.61 Å². The largest absolute Gasteiger partial charge is 0.481 e. The number of nitrogens with zero attached hydrogens (tertiary/aromatic N) is 1. The molecule has 1 N–H and O–H groups in total. The Bertz CT molecular complexity index is 427. The number of likely N-dealkylation sites (tertiary alicyclic amines) is 1. The van der Waals surface area contributed by atoms with Gasteiger partial charge in [-0.1, -0.05) is 23.7 Å². The van der Waals surface area contributed by atoms with Crippen molar-refractivity contribution in [3.05, 3.63) is 34.9 Å². The lowest BCUT2D eigenvalue weighted by atomic mass is 10.1. The predicted octanol–water partition coefficient (Wildman–Crippen LogP) is 2.80. The highest BCUT2D eigenvalue weighted by atomic mass is 35.5. The zero-order chi connectivity index (χ0) is 14.4. The lowest BCUT2D eigenvalue weighted by Crippen LogP contribution is -2.36. The molecule has 1 aliphatic rings. The standard InChI is InChI=1S/C15H20ClNO3/c16-13-3-1-12(2-4-13)11-17-8-5-14(6-9-17)20-10-7-15(18)19/h1-4,14H,5-11H2,(H,18,19). The molecule has 1 aliphatic heterocycles. The van der Waals surface area contributed by atoms with Crippen LogP contribution in [0.5, 0.6) is 0 Å². The van der Waals surface area contributed by atoms with Crippen molar-refractivity contribution in [3.8, 4) is 0 Å². The Labute approximate surface area is 124 Å². The third-order valence-corrected chi connectivity index (χ3v) is 3.78. The third kappa shape index (κ3) is 5.12. The molecular weight excluding hydrogens is 278 g/mol. The maximum Gasteiger partial charge on any atom is 0.305 e. The van der Waals surface area contributed by atoms with Gasteiger partial charge in [0.05, 0.1) is 19.1 Å². The first-order chi connectivity index (χ1) is 9.63. The number of hydrogen-bond acceptors (Lipinski definition) is 3. The van der Waals surface area contributed by atoms with Crippen LogP contribution in [-0.2, 0) is 16.1 Å². The summed E-state index contributed by atoms with van der Waals surface area (Å²) in [5, 5.41) is 9.33. The fraction of sp³-hybridized carbons (Fsp3) is 0.533. The van der Waals surface area contributed by atoms with Gasteiger partial charge in [-0.25, -0.2) is 0 Å². The second-order valence-corrected chi connectivity index (χ2v) is 5.55. The minimum absolute atomic E-state index is 0.0883. The minimum atomic E-state index is -0.801. The maximum absolute atomic E-state index is 10.4. The van der Waals surface area contributed by atoms with Crippen LogP contribution in [0, 0.1) is 0 Å². The lowest BCUT2D eigenvalue weighted by Gasteiger charge is -2.31. The van der Waals surface area contributed by atoms with E-state index in [2.05, 4.69) is 17.0 Å². The molecule has 1 aromatic carbocycles. The van der Waals surface area contributed by atoms with Crippen LogP contribution >= 0.6 is 11.6 Å². The van der Waals surface area contributed by atoms with E-state index in [1.54, 1.807) is 0 Å². The Balaban J connectivity index is 1.68. The highest BCUT2D eigenvalue weighted by Gasteiger charge is 2.19. The van der Waals surface area contributed by atoms with Crippen LogP contribution in [0.2, 0.25) is 5.02 Å². The number of benzene rings is 1. The van der Waals surface area contributed by atoms with Crippen molar-refractivity contribution < 1.29 is 14.6 Å². The number of aliphatic carboxylic acids is 1. The summed E-state index contributed by atoms with van der Waals surface area (Å²) in [6.45, 7) is 3.22. The second-order valence-electron chi connectivity index (χ2n) is 5.12. The van der Waals surface area contributed by atoms with Gasteiger partial charge >= 0.3 is 5.97 Å². The van der Waals surface area contributed by atoms with E-state index >= 15 is 0 Å². The minimum Gasteiger partial charge on any atom is -0.481 e. The van der Waals surface area contributed by atoms with Gasteiger partial charge in [0, 0.05) is 24.7 Å². The summed E-state index contributed by atoms with van der Waals surface area (Å²) in [6, 6.07) is 7.94. The molecule has 0 bridgehead atoms. The molecule has 1 saturated heterocycles. The number of rotatable bonds is 6. The molecular formula is C15H20ClNO3. The van der Waals surface area contributed by atoms with Gasteiger partial charge in [-0.15, -0.1) is 0 Å². The van der Waals surface area contributed by atoms with Crippen molar-refractivity contribution in [2.75, 3.05) is 19.7 Å². The van der Waals surface area contributed by atoms with Crippen molar-refractivity contribution >= 4 is 17.6 Å². The van der Waals surface area contributed by atoms with Gasteiger partial charge in [0.15, 0.2) is 0 Å². The molecule has 0 radical (unpaired) electrons. The van der Waals surface area contributed by atoms with Crippen LogP contribution in [0.15, 0.2) is 24.3 Å². The molecule has 110 valence electrons. The average Bonchev–Trinajstić information content (AvgIpc) is 2.43. The summed E-state index contributed by atoms with van der Waals surface area (Å²) >= 11 is 5.87. The van der Waals surface area contributed by atoms with E-state index in [1.165, 1.54) is 5.56 Å². The molecule has 1 aromatic rings. The number of carboxylic acid groups (broad SMARTS) is 1. The summed E-state index contributed by atoms with van der Waals surface area (Å²) in [4.78, 5) is 12.8. The van der Waals surface area contributed by atoms with E-state index in [-0.39, 0.29) is 12.5 Å². The molecule has 1 fully saturated rings.